The minimum absolute atomic E-state index is 0.175. The summed E-state index contributed by atoms with van der Waals surface area (Å²) in [4.78, 5) is 0. The van der Waals surface area contributed by atoms with Gasteiger partial charge in [-0.3, -0.25) is 0 Å². The maximum Gasteiger partial charge on any atom is 0.192 e. The minimum atomic E-state index is -1.84. The van der Waals surface area contributed by atoms with E-state index in [2.05, 4.69) is 75.4 Å². The zero-order valence-corrected chi connectivity index (χ0v) is 20.9. The first-order chi connectivity index (χ1) is 14.1. The van der Waals surface area contributed by atoms with E-state index in [4.69, 9.17) is 9.16 Å². The summed E-state index contributed by atoms with van der Waals surface area (Å²) in [5.41, 5.74) is 2.97. The van der Waals surface area contributed by atoms with Gasteiger partial charge >= 0.3 is 0 Å². The zero-order chi connectivity index (χ0) is 21.9. The molecule has 1 aromatic heterocycles. The lowest BCUT2D eigenvalue weighted by Gasteiger charge is -2.36. The van der Waals surface area contributed by atoms with Gasteiger partial charge in [0.1, 0.15) is 11.4 Å². The van der Waals surface area contributed by atoms with E-state index in [1.807, 2.05) is 11.7 Å². The monoisotopic (exact) mass is 429 g/mol. The molecule has 0 spiro atoms. The Kier molecular flexibility index (Phi) is 7.08. The number of ether oxygens (including phenoxy) is 1. The number of hydrogen-bond donors (Lipinski definition) is 0. The summed E-state index contributed by atoms with van der Waals surface area (Å²) in [5, 5.41) is 8.86. The lowest BCUT2D eigenvalue weighted by Crippen LogP contribution is -2.40. The molecule has 3 rings (SSSR count). The SMILES string of the molecule is CC[C@H]1CCC[C@H](Oc2ccc(-c3nnn(C)c3CO[Si](C)(C)C(C)(C)C)cc2)C1. The molecule has 0 radical (unpaired) electrons. The maximum atomic E-state index is 6.44. The third-order valence-corrected chi connectivity index (χ3v) is 11.5. The van der Waals surface area contributed by atoms with Crippen molar-refractivity contribution in [3.05, 3.63) is 30.0 Å². The summed E-state index contributed by atoms with van der Waals surface area (Å²) in [5.74, 6) is 1.76. The van der Waals surface area contributed by atoms with Crippen LogP contribution in [0.25, 0.3) is 11.3 Å². The number of hydrogen-bond acceptors (Lipinski definition) is 4. The highest BCUT2D eigenvalue weighted by molar-refractivity contribution is 6.74. The number of nitrogens with zero attached hydrogens (tertiary/aromatic N) is 3. The van der Waals surface area contributed by atoms with E-state index < -0.39 is 8.32 Å². The predicted molar refractivity (Wildman–Crippen MR) is 125 cm³/mol. The minimum Gasteiger partial charge on any atom is -0.490 e. The van der Waals surface area contributed by atoms with Crippen LogP contribution >= 0.6 is 0 Å². The Bertz CT molecular complexity index is 824. The third-order valence-electron chi connectivity index (χ3n) is 7.06. The van der Waals surface area contributed by atoms with E-state index in [0.29, 0.717) is 12.7 Å². The fourth-order valence-electron chi connectivity index (χ4n) is 3.83. The summed E-state index contributed by atoms with van der Waals surface area (Å²) in [6.07, 6.45) is 6.57. The van der Waals surface area contributed by atoms with E-state index in [1.54, 1.807) is 0 Å². The van der Waals surface area contributed by atoms with Gasteiger partial charge in [0, 0.05) is 12.6 Å². The maximum absolute atomic E-state index is 6.44. The first-order valence-corrected chi connectivity index (χ1v) is 14.3. The molecule has 5 nitrogen and oxygen atoms in total. The van der Waals surface area contributed by atoms with Crippen molar-refractivity contribution in [2.75, 3.05) is 0 Å². The summed E-state index contributed by atoms with van der Waals surface area (Å²) < 4.78 is 14.6. The number of rotatable bonds is 7. The van der Waals surface area contributed by atoms with Crippen molar-refractivity contribution in [1.82, 2.24) is 15.0 Å². The highest BCUT2D eigenvalue weighted by Crippen LogP contribution is 2.37. The van der Waals surface area contributed by atoms with Gasteiger partial charge in [-0.15, -0.1) is 5.10 Å². The molecule has 166 valence electrons. The standard InChI is InChI=1S/C24H39N3O2Si/c1-8-18-10-9-11-21(16-18)29-20-14-12-19(13-15-20)23-22(27(5)26-25-23)17-28-30(6,7)24(2,3)4/h12-15,18,21H,8-11,16-17H2,1-7H3/t18-,21-/m0/s1. The molecule has 2 aromatic rings. The Morgan fingerprint density at radius 3 is 2.47 bits per heavy atom. The van der Waals surface area contributed by atoms with Crippen LogP contribution in [0.5, 0.6) is 5.75 Å². The number of aromatic nitrogens is 3. The van der Waals surface area contributed by atoms with E-state index in [-0.39, 0.29) is 5.04 Å². The van der Waals surface area contributed by atoms with Gasteiger partial charge in [-0.25, -0.2) is 4.68 Å². The van der Waals surface area contributed by atoms with Crippen molar-refractivity contribution in [3.63, 3.8) is 0 Å². The highest BCUT2D eigenvalue weighted by atomic mass is 28.4. The van der Waals surface area contributed by atoms with Crippen molar-refractivity contribution >= 4 is 8.32 Å². The van der Waals surface area contributed by atoms with Crippen LogP contribution in [0.15, 0.2) is 24.3 Å². The predicted octanol–water partition coefficient (Wildman–Crippen LogP) is 6.35. The van der Waals surface area contributed by atoms with Gasteiger partial charge in [0.15, 0.2) is 8.32 Å². The largest absolute Gasteiger partial charge is 0.490 e. The van der Waals surface area contributed by atoms with Crippen molar-refractivity contribution in [2.45, 2.75) is 90.6 Å². The van der Waals surface area contributed by atoms with Gasteiger partial charge in [0.05, 0.1) is 18.4 Å². The quantitative estimate of drug-likeness (QED) is 0.481. The normalized spacial score (nSPS) is 20.4. The second kappa shape index (κ2) is 9.23. The topological polar surface area (TPSA) is 49.2 Å². The molecule has 0 unspecified atom stereocenters. The average molecular weight is 430 g/mol. The second-order valence-corrected chi connectivity index (χ2v) is 15.1. The lowest BCUT2D eigenvalue weighted by atomic mass is 9.85. The molecular formula is C24H39N3O2Si. The Hall–Kier alpha value is -1.66. The molecule has 30 heavy (non-hydrogen) atoms. The first-order valence-electron chi connectivity index (χ1n) is 11.4. The average Bonchev–Trinajstić information content (AvgIpc) is 3.07. The summed E-state index contributed by atoms with van der Waals surface area (Å²) in [6.45, 7) is 14.2. The van der Waals surface area contributed by atoms with E-state index in [9.17, 15) is 0 Å². The Balaban J connectivity index is 1.70. The number of benzene rings is 1. The number of aryl methyl sites for hydroxylation is 1. The van der Waals surface area contributed by atoms with Crippen molar-refractivity contribution in [2.24, 2.45) is 13.0 Å². The molecule has 0 saturated heterocycles. The molecule has 1 aromatic carbocycles. The van der Waals surface area contributed by atoms with Crippen LogP contribution in [0.4, 0.5) is 0 Å². The van der Waals surface area contributed by atoms with E-state index >= 15 is 0 Å². The van der Waals surface area contributed by atoms with E-state index in [1.165, 1.54) is 25.7 Å². The summed E-state index contributed by atoms with van der Waals surface area (Å²) >= 11 is 0. The van der Waals surface area contributed by atoms with Crippen LogP contribution in [-0.2, 0) is 18.1 Å². The van der Waals surface area contributed by atoms with Gasteiger partial charge < -0.3 is 9.16 Å². The van der Waals surface area contributed by atoms with Crippen LogP contribution in [0.3, 0.4) is 0 Å². The van der Waals surface area contributed by atoms with Gasteiger partial charge in [0.2, 0.25) is 0 Å². The molecule has 1 aliphatic rings. The molecule has 0 amide bonds. The van der Waals surface area contributed by atoms with Crippen LogP contribution in [0, 0.1) is 5.92 Å². The van der Waals surface area contributed by atoms with Crippen molar-refractivity contribution in [1.29, 1.82) is 0 Å². The smallest absolute Gasteiger partial charge is 0.192 e. The van der Waals surface area contributed by atoms with Crippen molar-refractivity contribution < 1.29 is 9.16 Å². The molecule has 1 heterocycles. The molecule has 0 bridgehead atoms. The second-order valence-electron chi connectivity index (χ2n) is 10.3. The molecule has 1 aliphatic carbocycles. The van der Waals surface area contributed by atoms with Crippen LogP contribution in [0.1, 0.15) is 65.5 Å². The first kappa shape index (κ1) is 23.0. The van der Waals surface area contributed by atoms with Gasteiger partial charge in [-0.05, 0) is 67.6 Å². The highest BCUT2D eigenvalue weighted by Gasteiger charge is 2.37. The fourth-order valence-corrected chi connectivity index (χ4v) is 4.76. The van der Waals surface area contributed by atoms with Gasteiger partial charge in [-0.2, -0.15) is 0 Å². The summed E-state index contributed by atoms with van der Waals surface area (Å²) in [7, 11) is 0.0963. The van der Waals surface area contributed by atoms with Crippen LogP contribution in [0.2, 0.25) is 18.1 Å². The Labute approximate surface area is 183 Å². The molecule has 1 saturated carbocycles. The molecule has 0 aliphatic heterocycles. The molecule has 1 fully saturated rings. The Morgan fingerprint density at radius 1 is 1.13 bits per heavy atom. The molecule has 2 atom stereocenters. The van der Waals surface area contributed by atoms with Gasteiger partial charge in [-0.1, -0.05) is 45.7 Å². The van der Waals surface area contributed by atoms with Crippen molar-refractivity contribution in [3.8, 4) is 17.0 Å². The van der Waals surface area contributed by atoms with Crippen LogP contribution in [-0.4, -0.2) is 29.4 Å². The molecule has 6 heteroatoms. The third kappa shape index (κ3) is 5.33. The lowest BCUT2D eigenvalue weighted by molar-refractivity contribution is 0.122. The van der Waals surface area contributed by atoms with Gasteiger partial charge in [0.25, 0.3) is 0 Å². The molecule has 0 N–H and O–H groups in total. The zero-order valence-electron chi connectivity index (χ0n) is 19.9. The molecular weight excluding hydrogens is 390 g/mol. The summed E-state index contributed by atoms with van der Waals surface area (Å²) in [6, 6.07) is 8.32. The van der Waals surface area contributed by atoms with E-state index in [0.717, 1.165) is 35.0 Å². The van der Waals surface area contributed by atoms with Crippen LogP contribution < -0.4 is 4.74 Å². The Morgan fingerprint density at radius 2 is 1.83 bits per heavy atom. The fraction of sp³-hybridized carbons (Fsp3) is 0.667.